The predicted octanol–water partition coefficient (Wildman–Crippen LogP) is 2.87. The Morgan fingerprint density at radius 3 is 2.64 bits per heavy atom. The molecule has 0 aromatic heterocycles. The van der Waals surface area contributed by atoms with Crippen LogP contribution in [0.25, 0.3) is 0 Å². The third-order valence-corrected chi connectivity index (χ3v) is 2.05. The highest BCUT2D eigenvalue weighted by atomic mass is 19.4. The van der Waals surface area contributed by atoms with Crippen LogP contribution in [0.2, 0.25) is 0 Å². The number of unbranched alkanes of at least 4 members (excludes halogenated alkanes) is 1. The van der Waals surface area contributed by atoms with Crippen molar-refractivity contribution in [1.29, 1.82) is 0 Å². The molecule has 0 spiro atoms. The van der Waals surface area contributed by atoms with Gasteiger partial charge in [0, 0.05) is 26.1 Å². The van der Waals surface area contributed by atoms with E-state index in [1.165, 1.54) is 0 Å². The van der Waals surface area contributed by atoms with Gasteiger partial charge < -0.3 is 9.47 Å². The van der Waals surface area contributed by atoms with Crippen molar-refractivity contribution in [2.75, 3.05) is 13.2 Å². The molecule has 1 saturated heterocycles. The van der Waals surface area contributed by atoms with Crippen molar-refractivity contribution in [2.24, 2.45) is 0 Å². The van der Waals surface area contributed by atoms with E-state index in [-0.39, 0.29) is 12.7 Å². The number of hydrogen-bond donors (Lipinski definition) is 0. The maximum Gasteiger partial charge on any atom is 0.389 e. The summed E-state index contributed by atoms with van der Waals surface area (Å²) in [6, 6.07) is 0. The largest absolute Gasteiger partial charge is 0.389 e. The first-order valence-corrected chi connectivity index (χ1v) is 4.88. The second-order valence-corrected chi connectivity index (χ2v) is 3.39. The molecule has 14 heavy (non-hydrogen) atoms. The lowest BCUT2D eigenvalue weighted by Crippen LogP contribution is -2.12. The van der Waals surface area contributed by atoms with E-state index in [9.17, 15) is 13.2 Å². The summed E-state index contributed by atoms with van der Waals surface area (Å²) in [5, 5.41) is 0. The zero-order chi connectivity index (χ0) is 10.4. The molecule has 0 aliphatic carbocycles. The first-order chi connectivity index (χ1) is 6.58. The van der Waals surface area contributed by atoms with E-state index in [2.05, 4.69) is 0 Å². The standard InChI is InChI=1S/C9H15F3O2/c10-9(11,12)5-1-2-6-13-8-4-3-7-14-8/h8H,1-7H2. The molecule has 0 saturated carbocycles. The molecular weight excluding hydrogens is 197 g/mol. The van der Waals surface area contributed by atoms with Crippen LogP contribution in [-0.4, -0.2) is 25.7 Å². The molecule has 0 aromatic rings. The van der Waals surface area contributed by atoms with Crippen molar-refractivity contribution in [3.8, 4) is 0 Å². The van der Waals surface area contributed by atoms with Crippen molar-refractivity contribution in [3.63, 3.8) is 0 Å². The average molecular weight is 212 g/mol. The molecule has 5 heteroatoms. The molecule has 1 aliphatic heterocycles. The zero-order valence-corrected chi connectivity index (χ0v) is 7.98. The van der Waals surface area contributed by atoms with E-state index >= 15 is 0 Å². The third kappa shape index (κ3) is 5.44. The van der Waals surface area contributed by atoms with E-state index in [1.54, 1.807) is 0 Å². The van der Waals surface area contributed by atoms with Crippen LogP contribution < -0.4 is 0 Å². The van der Waals surface area contributed by atoms with Gasteiger partial charge in [-0.1, -0.05) is 0 Å². The van der Waals surface area contributed by atoms with Crippen molar-refractivity contribution in [1.82, 2.24) is 0 Å². The fourth-order valence-electron chi connectivity index (χ4n) is 1.32. The van der Waals surface area contributed by atoms with Crippen molar-refractivity contribution < 1.29 is 22.6 Å². The van der Waals surface area contributed by atoms with Gasteiger partial charge in [0.15, 0.2) is 6.29 Å². The highest BCUT2D eigenvalue weighted by molar-refractivity contribution is 4.55. The van der Waals surface area contributed by atoms with Gasteiger partial charge in [0.05, 0.1) is 0 Å². The topological polar surface area (TPSA) is 18.5 Å². The van der Waals surface area contributed by atoms with Gasteiger partial charge in [-0.2, -0.15) is 13.2 Å². The first-order valence-electron chi connectivity index (χ1n) is 4.88. The van der Waals surface area contributed by atoms with E-state index in [0.717, 1.165) is 12.8 Å². The van der Waals surface area contributed by atoms with Gasteiger partial charge in [-0.15, -0.1) is 0 Å². The van der Waals surface area contributed by atoms with Gasteiger partial charge in [-0.25, -0.2) is 0 Å². The molecule has 0 radical (unpaired) electrons. The molecule has 0 aromatic carbocycles. The molecule has 2 nitrogen and oxygen atoms in total. The molecule has 1 atom stereocenters. The Kier molecular flexibility index (Phi) is 4.68. The minimum Gasteiger partial charge on any atom is -0.353 e. The minimum atomic E-state index is -4.04. The van der Waals surface area contributed by atoms with Gasteiger partial charge in [-0.05, 0) is 19.3 Å². The molecule has 0 N–H and O–H groups in total. The minimum absolute atomic E-state index is 0.135. The predicted molar refractivity (Wildman–Crippen MR) is 44.8 cm³/mol. The maximum atomic E-state index is 11.7. The van der Waals surface area contributed by atoms with Crippen LogP contribution >= 0.6 is 0 Å². The number of rotatable bonds is 5. The normalized spacial score (nSPS) is 22.9. The highest BCUT2D eigenvalue weighted by Crippen LogP contribution is 2.22. The number of halogens is 3. The molecule has 1 rings (SSSR count). The number of ether oxygens (including phenoxy) is 2. The third-order valence-electron chi connectivity index (χ3n) is 2.05. The van der Waals surface area contributed by atoms with Gasteiger partial charge in [0.25, 0.3) is 0 Å². The van der Waals surface area contributed by atoms with Gasteiger partial charge in [0.1, 0.15) is 0 Å². The quantitative estimate of drug-likeness (QED) is 0.652. The van der Waals surface area contributed by atoms with E-state index in [0.29, 0.717) is 19.6 Å². The van der Waals surface area contributed by atoms with Crippen LogP contribution in [0, 0.1) is 0 Å². The van der Waals surface area contributed by atoms with Gasteiger partial charge in [-0.3, -0.25) is 0 Å². The number of alkyl halides is 3. The second-order valence-electron chi connectivity index (χ2n) is 3.39. The first kappa shape index (κ1) is 11.8. The summed E-state index contributed by atoms with van der Waals surface area (Å²) < 4.78 is 45.5. The molecule has 1 fully saturated rings. The van der Waals surface area contributed by atoms with Gasteiger partial charge >= 0.3 is 6.18 Å². The smallest absolute Gasteiger partial charge is 0.353 e. The summed E-state index contributed by atoms with van der Waals surface area (Å²) in [6.07, 6.45) is -2.52. The lowest BCUT2D eigenvalue weighted by atomic mass is 10.2. The Balaban J connectivity index is 1.89. The molecule has 0 amide bonds. The molecule has 1 aliphatic rings. The monoisotopic (exact) mass is 212 g/mol. The Hall–Kier alpha value is -0.290. The van der Waals surface area contributed by atoms with Crippen LogP contribution in [0.4, 0.5) is 13.2 Å². The average Bonchev–Trinajstić information content (AvgIpc) is 2.54. The van der Waals surface area contributed by atoms with E-state index in [4.69, 9.17) is 9.47 Å². The molecular formula is C9H15F3O2. The Morgan fingerprint density at radius 2 is 2.07 bits per heavy atom. The summed E-state index contributed by atoms with van der Waals surface area (Å²) in [7, 11) is 0. The van der Waals surface area contributed by atoms with Crippen molar-refractivity contribution >= 4 is 0 Å². The lowest BCUT2D eigenvalue weighted by Gasteiger charge is -2.11. The summed E-state index contributed by atoms with van der Waals surface area (Å²) in [5.41, 5.74) is 0. The van der Waals surface area contributed by atoms with Crippen LogP contribution in [0.1, 0.15) is 32.1 Å². The highest BCUT2D eigenvalue weighted by Gasteiger charge is 2.25. The Morgan fingerprint density at radius 1 is 1.29 bits per heavy atom. The van der Waals surface area contributed by atoms with Crippen LogP contribution in [0.15, 0.2) is 0 Å². The fourth-order valence-corrected chi connectivity index (χ4v) is 1.32. The summed E-state index contributed by atoms with van der Waals surface area (Å²) in [4.78, 5) is 0. The van der Waals surface area contributed by atoms with E-state index in [1.807, 2.05) is 0 Å². The summed E-state index contributed by atoms with van der Waals surface area (Å²) in [5.74, 6) is 0. The second kappa shape index (κ2) is 5.56. The van der Waals surface area contributed by atoms with E-state index < -0.39 is 12.6 Å². The van der Waals surface area contributed by atoms with Crippen molar-refractivity contribution in [2.45, 2.75) is 44.6 Å². The maximum absolute atomic E-state index is 11.7. The van der Waals surface area contributed by atoms with Crippen LogP contribution in [-0.2, 0) is 9.47 Å². The summed E-state index contributed by atoms with van der Waals surface area (Å²) in [6.45, 7) is 1.06. The fraction of sp³-hybridized carbons (Fsp3) is 1.00. The zero-order valence-electron chi connectivity index (χ0n) is 7.98. The molecule has 0 bridgehead atoms. The van der Waals surface area contributed by atoms with Gasteiger partial charge in [0.2, 0.25) is 0 Å². The van der Waals surface area contributed by atoms with Crippen molar-refractivity contribution in [3.05, 3.63) is 0 Å². The van der Waals surface area contributed by atoms with Crippen LogP contribution in [0.3, 0.4) is 0 Å². The molecule has 1 unspecified atom stereocenters. The van der Waals surface area contributed by atoms with Crippen LogP contribution in [0.5, 0.6) is 0 Å². The summed E-state index contributed by atoms with van der Waals surface area (Å²) >= 11 is 0. The lowest BCUT2D eigenvalue weighted by molar-refractivity contribution is -0.139. The Bertz CT molecular complexity index is 153. The Labute approximate surface area is 81.4 Å². The molecule has 1 heterocycles. The molecule has 84 valence electrons. The number of hydrogen-bond acceptors (Lipinski definition) is 2. The SMILES string of the molecule is FC(F)(F)CCCCOC1CCCO1.